The van der Waals surface area contributed by atoms with Gasteiger partial charge >= 0.3 is 11.8 Å². The summed E-state index contributed by atoms with van der Waals surface area (Å²) in [5, 5.41) is 2.76. The second kappa shape index (κ2) is 6.95. The van der Waals surface area contributed by atoms with E-state index in [1.165, 1.54) is 0 Å². The van der Waals surface area contributed by atoms with Crippen LogP contribution in [-0.2, 0) is 9.59 Å². The summed E-state index contributed by atoms with van der Waals surface area (Å²) in [4.78, 5) is 29.8. The molecule has 0 aromatic heterocycles. The lowest BCUT2D eigenvalue weighted by molar-refractivity contribution is -0.148. The summed E-state index contributed by atoms with van der Waals surface area (Å²) in [6.07, 6.45) is 3.03. The van der Waals surface area contributed by atoms with Gasteiger partial charge in [-0.1, -0.05) is 13.0 Å². The molecule has 1 aromatic rings. The minimum atomic E-state index is -0.469. The molecule has 7 heteroatoms. The number of carbonyl (C=O) groups excluding carboxylic acids is 2. The molecule has 0 spiro atoms. The Hall–Kier alpha value is -2.28. The topological polar surface area (TPSA) is 71.1 Å². The highest BCUT2D eigenvalue weighted by atomic mass is 16.7. The van der Waals surface area contributed by atoms with E-state index in [0.717, 1.165) is 49.4 Å². The molecule has 6 rings (SSSR count). The highest BCUT2D eigenvalue weighted by Gasteiger charge is 2.55. The largest absolute Gasteiger partial charge is 0.454 e. The van der Waals surface area contributed by atoms with Crippen molar-refractivity contribution in [3.05, 3.63) is 23.8 Å². The molecule has 1 aromatic carbocycles. The van der Waals surface area contributed by atoms with Crippen LogP contribution < -0.4 is 14.8 Å². The molecule has 4 fully saturated rings. The van der Waals surface area contributed by atoms with Gasteiger partial charge in [-0.05, 0) is 56.0 Å². The van der Waals surface area contributed by atoms with Crippen LogP contribution in [-0.4, -0.2) is 66.7 Å². The molecule has 0 saturated carbocycles. The third kappa shape index (κ3) is 2.75. The molecule has 28 heavy (non-hydrogen) atoms. The fourth-order valence-corrected chi connectivity index (χ4v) is 5.54. The van der Waals surface area contributed by atoms with Crippen LogP contribution in [0, 0.1) is 5.92 Å². The van der Waals surface area contributed by atoms with Gasteiger partial charge in [-0.25, -0.2) is 0 Å². The molecular weight excluding hydrogens is 358 g/mol. The van der Waals surface area contributed by atoms with Crippen molar-refractivity contribution in [2.75, 3.05) is 33.0 Å². The van der Waals surface area contributed by atoms with Crippen molar-refractivity contribution < 1.29 is 19.1 Å². The van der Waals surface area contributed by atoms with Gasteiger partial charge in [0.25, 0.3) is 0 Å². The van der Waals surface area contributed by atoms with Crippen LogP contribution in [0.3, 0.4) is 0 Å². The number of fused-ring (bicyclic) bond motifs is 3. The van der Waals surface area contributed by atoms with Crippen LogP contribution in [0.5, 0.6) is 11.5 Å². The standard InChI is InChI=1S/C21H27N3O4/c1-2-7-22-20(25)21(26)24-11-15(14-3-4-16-17(10-14)28-12-27-16)19-18(24)13-5-8-23(19)9-6-13/h3-4,10,13,15,18-19H,2,5-9,11-12H2,1H3,(H,22,25)/t15-,18+,19+/m1/s1. The molecule has 4 saturated heterocycles. The van der Waals surface area contributed by atoms with Crippen molar-refractivity contribution in [3.63, 3.8) is 0 Å². The number of nitrogens with one attached hydrogen (secondary N) is 1. The Morgan fingerprint density at radius 2 is 1.93 bits per heavy atom. The Bertz CT molecular complexity index is 790. The fourth-order valence-electron chi connectivity index (χ4n) is 5.54. The second-order valence-electron chi connectivity index (χ2n) is 8.29. The molecule has 0 aliphatic carbocycles. The first-order valence-corrected chi connectivity index (χ1v) is 10.4. The van der Waals surface area contributed by atoms with Gasteiger partial charge in [0.05, 0.1) is 6.04 Å². The summed E-state index contributed by atoms with van der Waals surface area (Å²) in [7, 11) is 0. The lowest BCUT2D eigenvalue weighted by Gasteiger charge is -2.51. The van der Waals surface area contributed by atoms with Gasteiger partial charge in [0, 0.05) is 25.0 Å². The Balaban J connectivity index is 1.45. The van der Waals surface area contributed by atoms with Crippen LogP contribution in [0.25, 0.3) is 0 Å². The van der Waals surface area contributed by atoms with E-state index in [2.05, 4.69) is 22.3 Å². The minimum absolute atomic E-state index is 0.123. The van der Waals surface area contributed by atoms with E-state index in [4.69, 9.17) is 9.47 Å². The van der Waals surface area contributed by atoms with Gasteiger partial charge in [-0.15, -0.1) is 0 Å². The second-order valence-corrected chi connectivity index (χ2v) is 8.29. The number of hydrogen-bond acceptors (Lipinski definition) is 5. The number of hydrogen-bond donors (Lipinski definition) is 1. The molecule has 3 atom stereocenters. The molecule has 2 amide bonds. The Kier molecular flexibility index (Phi) is 4.42. The lowest BCUT2D eigenvalue weighted by atomic mass is 9.75. The van der Waals surface area contributed by atoms with Crippen LogP contribution in [0.15, 0.2) is 18.2 Å². The van der Waals surface area contributed by atoms with Gasteiger partial charge in [0.15, 0.2) is 11.5 Å². The van der Waals surface area contributed by atoms with E-state index < -0.39 is 5.91 Å². The molecular formula is C21H27N3O4. The molecule has 7 nitrogen and oxygen atoms in total. The smallest absolute Gasteiger partial charge is 0.312 e. The number of likely N-dealkylation sites (tertiary alicyclic amines) is 1. The highest BCUT2D eigenvalue weighted by Crippen LogP contribution is 2.47. The van der Waals surface area contributed by atoms with Crippen molar-refractivity contribution in [1.82, 2.24) is 15.1 Å². The van der Waals surface area contributed by atoms with E-state index in [0.29, 0.717) is 19.0 Å². The summed E-state index contributed by atoms with van der Waals surface area (Å²) in [6.45, 7) is 5.52. The number of nitrogens with zero attached hydrogens (tertiary/aromatic N) is 2. The normalized spacial score (nSPS) is 32.3. The Morgan fingerprint density at radius 3 is 2.71 bits per heavy atom. The molecule has 0 unspecified atom stereocenters. The fraction of sp³-hybridized carbons (Fsp3) is 0.619. The minimum Gasteiger partial charge on any atom is -0.454 e. The Morgan fingerprint density at radius 1 is 1.14 bits per heavy atom. The number of amides is 2. The number of rotatable bonds is 3. The van der Waals surface area contributed by atoms with Gasteiger partial charge in [0.2, 0.25) is 6.79 Å². The zero-order chi connectivity index (χ0) is 19.3. The summed E-state index contributed by atoms with van der Waals surface area (Å²) in [5.74, 6) is 1.37. The monoisotopic (exact) mass is 385 g/mol. The molecule has 5 heterocycles. The van der Waals surface area contributed by atoms with Gasteiger partial charge in [-0.2, -0.15) is 0 Å². The first kappa shape index (κ1) is 17.8. The number of piperidine rings is 3. The predicted octanol–water partition coefficient (Wildman–Crippen LogP) is 1.33. The number of benzene rings is 1. The molecule has 5 aliphatic heterocycles. The van der Waals surface area contributed by atoms with Gasteiger partial charge in [-0.3, -0.25) is 14.5 Å². The first-order chi connectivity index (χ1) is 13.7. The average Bonchev–Trinajstić information content (AvgIpc) is 3.37. The van der Waals surface area contributed by atoms with Crippen LogP contribution >= 0.6 is 0 Å². The number of carbonyl (C=O) groups is 2. The third-order valence-electron chi connectivity index (χ3n) is 6.81. The summed E-state index contributed by atoms with van der Waals surface area (Å²) in [6, 6.07) is 6.50. The number of ether oxygens (including phenoxy) is 2. The maximum absolute atomic E-state index is 13.0. The van der Waals surface area contributed by atoms with E-state index in [9.17, 15) is 9.59 Å². The maximum Gasteiger partial charge on any atom is 0.312 e. The molecule has 5 aliphatic rings. The summed E-state index contributed by atoms with van der Waals surface area (Å²) < 4.78 is 11.0. The maximum atomic E-state index is 13.0. The SMILES string of the molecule is CCCNC(=O)C(=O)N1C[C@H](c2ccc3c(c2)OCO3)[C@H]2[C@@H]1C1CCN2CC1. The predicted molar refractivity (Wildman–Crippen MR) is 102 cm³/mol. The van der Waals surface area contributed by atoms with E-state index in [-0.39, 0.29) is 30.7 Å². The molecule has 0 radical (unpaired) electrons. The van der Waals surface area contributed by atoms with Crippen molar-refractivity contribution >= 4 is 11.8 Å². The van der Waals surface area contributed by atoms with E-state index in [1.54, 1.807) is 0 Å². The average molecular weight is 385 g/mol. The van der Waals surface area contributed by atoms with Crippen molar-refractivity contribution in [1.29, 1.82) is 0 Å². The zero-order valence-corrected chi connectivity index (χ0v) is 16.2. The van der Waals surface area contributed by atoms with E-state index >= 15 is 0 Å². The van der Waals surface area contributed by atoms with Gasteiger partial charge < -0.3 is 19.7 Å². The highest BCUT2D eigenvalue weighted by molar-refractivity contribution is 6.35. The third-order valence-corrected chi connectivity index (χ3v) is 6.81. The summed E-state index contributed by atoms with van der Waals surface area (Å²) >= 11 is 0. The van der Waals surface area contributed by atoms with Crippen LogP contribution in [0.2, 0.25) is 0 Å². The van der Waals surface area contributed by atoms with Crippen LogP contribution in [0.1, 0.15) is 37.7 Å². The Labute approximate surface area is 165 Å². The molecule has 2 bridgehead atoms. The lowest BCUT2D eigenvalue weighted by Crippen LogP contribution is -2.61. The molecule has 150 valence electrons. The van der Waals surface area contributed by atoms with Gasteiger partial charge in [0.1, 0.15) is 0 Å². The zero-order valence-electron chi connectivity index (χ0n) is 16.2. The first-order valence-electron chi connectivity index (χ1n) is 10.4. The molecule has 1 N–H and O–H groups in total. The van der Waals surface area contributed by atoms with Crippen molar-refractivity contribution in [3.8, 4) is 11.5 Å². The van der Waals surface area contributed by atoms with Crippen LogP contribution in [0.4, 0.5) is 0 Å². The summed E-state index contributed by atoms with van der Waals surface area (Å²) in [5.41, 5.74) is 1.16. The van der Waals surface area contributed by atoms with Crippen molar-refractivity contribution in [2.24, 2.45) is 5.92 Å². The van der Waals surface area contributed by atoms with Crippen molar-refractivity contribution in [2.45, 2.75) is 44.2 Å². The van der Waals surface area contributed by atoms with E-state index in [1.807, 2.05) is 17.9 Å². The quantitative estimate of drug-likeness (QED) is 0.795.